The average Bonchev–Trinajstić information content (AvgIpc) is 2.91. The van der Waals surface area contributed by atoms with E-state index in [1.54, 1.807) is 24.3 Å². The van der Waals surface area contributed by atoms with E-state index >= 15 is 0 Å². The lowest BCUT2D eigenvalue weighted by molar-refractivity contribution is 0.0920. The first-order chi connectivity index (χ1) is 11.9. The maximum atomic E-state index is 12.4. The molecule has 128 valence electrons. The number of carbonyl (C=O) groups excluding carboxylic acids is 2. The second-order valence-electron chi connectivity index (χ2n) is 6.09. The van der Waals surface area contributed by atoms with Crippen LogP contribution in [0.2, 0.25) is 0 Å². The number of hydrogen-bond donors (Lipinski definition) is 0. The number of benzene rings is 2. The van der Waals surface area contributed by atoms with Gasteiger partial charge in [-0.1, -0.05) is 28.1 Å². The topological polar surface area (TPSA) is 52.6 Å². The minimum atomic E-state index is -0.118. The molecule has 0 saturated carbocycles. The van der Waals surface area contributed by atoms with E-state index in [0.717, 1.165) is 15.6 Å². The summed E-state index contributed by atoms with van der Waals surface area (Å²) in [6, 6.07) is 10.5. The first-order valence-electron chi connectivity index (χ1n) is 7.83. The molecule has 0 amide bonds. The number of allylic oxidation sites excluding steroid dienone is 2. The van der Waals surface area contributed by atoms with E-state index < -0.39 is 0 Å². The summed E-state index contributed by atoms with van der Waals surface area (Å²) in [4.78, 5) is 24.6. The van der Waals surface area contributed by atoms with E-state index in [1.165, 1.54) is 0 Å². The highest BCUT2D eigenvalue weighted by Crippen LogP contribution is 2.37. The SMILES string of the molecule is CC(C)=C1Oc2cc(OCC(=O)c3ccc(Br)cc3)cc(C)c2C1=O. The molecule has 0 fully saturated rings. The van der Waals surface area contributed by atoms with Gasteiger partial charge in [-0.25, -0.2) is 0 Å². The highest BCUT2D eigenvalue weighted by molar-refractivity contribution is 9.10. The Hall–Kier alpha value is -2.40. The zero-order valence-electron chi connectivity index (χ0n) is 14.2. The van der Waals surface area contributed by atoms with Crippen LogP contribution in [-0.2, 0) is 0 Å². The van der Waals surface area contributed by atoms with Gasteiger partial charge in [-0.3, -0.25) is 9.59 Å². The first kappa shape index (κ1) is 17.4. The van der Waals surface area contributed by atoms with Gasteiger partial charge in [0.25, 0.3) is 0 Å². The number of ether oxygens (including phenoxy) is 2. The summed E-state index contributed by atoms with van der Waals surface area (Å²) in [6.07, 6.45) is 0. The molecule has 0 aliphatic carbocycles. The second kappa shape index (κ2) is 6.84. The standard InChI is InChI=1S/C20H17BrO4/c1-11(2)20-19(23)18-12(3)8-15(9-17(18)25-20)24-10-16(22)13-4-6-14(21)7-5-13/h4-9H,10H2,1-3H3. The van der Waals surface area contributed by atoms with E-state index in [-0.39, 0.29) is 18.2 Å². The molecular weight excluding hydrogens is 384 g/mol. The number of halogens is 1. The zero-order valence-corrected chi connectivity index (χ0v) is 15.8. The monoisotopic (exact) mass is 400 g/mol. The molecule has 0 aromatic heterocycles. The normalized spacial score (nSPS) is 12.6. The van der Waals surface area contributed by atoms with E-state index in [9.17, 15) is 9.59 Å². The van der Waals surface area contributed by atoms with Crippen LogP contribution in [-0.4, -0.2) is 18.2 Å². The summed E-state index contributed by atoms with van der Waals surface area (Å²) in [5.74, 6) is 1.12. The molecule has 0 radical (unpaired) electrons. The van der Waals surface area contributed by atoms with E-state index in [2.05, 4.69) is 15.9 Å². The van der Waals surface area contributed by atoms with Crippen molar-refractivity contribution in [1.29, 1.82) is 0 Å². The Kier molecular flexibility index (Phi) is 4.77. The van der Waals surface area contributed by atoms with Crippen molar-refractivity contribution < 1.29 is 19.1 Å². The molecule has 0 atom stereocenters. The largest absolute Gasteiger partial charge is 0.485 e. The predicted molar refractivity (Wildman–Crippen MR) is 98.5 cm³/mol. The lowest BCUT2D eigenvalue weighted by atomic mass is 10.0. The molecular formula is C20H17BrO4. The highest BCUT2D eigenvalue weighted by atomic mass is 79.9. The molecule has 0 spiro atoms. The van der Waals surface area contributed by atoms with Crippen molar-refractivity contribution in [2.24, 2.45) is 0 Å². The summed E-state index contributed by atoms with van der Waals surface area (Å²) < 4.78 is 12.2. The molecule has 2 aromatic carbocycles. The van der Waals surface area contributed by atoms with Gasteiger partial charge in [0.2, 0.25) is 5.78 Å². The predicted octanol–water partition coefficient (Wildman–Crippen LogP) is 4.89. The van der Waals surface area contributed by atoms with Crippen molar-refractivity contribution in [3.63, 3.8) is 0 Å². The number of aryl methyl sites for hydroxylation is 1. The molecule has 3 rings (SSSR count). The molecule has 1 aliphatic rings. The third-order valence-corrected chi connectivity index (χ3v) is 4.44. The molecule has 5 heteroatoms. The van der Waals surface area contributed by atoms with Crippen molar-refractivity contribution in [3.05, 3.63) is 68.9 Å². The fourth-order valence-electron chi connectivity index (χ4n) is 2.64. The number of fused-ring (bicyclic) bond motifs is 1. The van der Waals surface area contributed by atoms with Crippen molar-refractivity contribution >= 4 is 27.5 Å². The van der Waals surface area contributed by atoms with Crippen LogP contribution in [0.1, 0.15) is 40.1 Å². The van der Waals surface area contributed by atoms with Gasteiger partial charge in [0.1, 0.15) is 11.5 Å². The number of carbonyl (C=O) groups is 2. The minimum absolute atomic E-state index is 0.0801. The smallest absolute Gasteiger partial charge is 0.232 e. The molecule has 0 unspecified atom stereocenters. The van der Waals surface area contributed by atoms with Crippen LogP contribution in [0, 0.1) is 6.92 Å². The summed E-state index contributed by atoms with van der Waals surface area (Å²) in [5, 5.41) is 0. The summed E-state index contributed by atoms with van der Waals surface area (Å²) in [6.45, 7) is 5.42. The Labute approximate surface area is 154 Å². The lowest BCUT2D eigenvalue weighted by Gasteiger charge is -2.09. The van der Waals surface area contributed by atoms with Crippen molar-refractivity contribution in [2.45, 2.75) is 20.8 Å². The van der Waals surface area contributed by atoms with E-state index in [1.807, 2.05) is 32.9 Å². The quantitative estimate of drug-likeness (QED) is 0.541. The fraction of sp³-hybridized carbons (Fsp3) is 0.200. The summed E-state index contributed by atoms with van der Waals surface area (Å²) in [7, 11) is 0. The Morgan fingerprint density at radius 3 is 2.48 bits per heavy atom. The minimum Gasteiger partial charge on any atom is -0.485 e. The van der Waals surface area contributed by atoms with Crippen LogP contribution in [0.3, 0.4) is 0 Å². The van der Waals surface area contributed by atoms with Gasteiger partial charge in [0.05, 0.1) is 5.56 Å². The van der Waals surface area contributed by atoms with Gasteiger partial charge in [-0.15, -0.1) is 0 Å². The second-order valence-corrected chi connectivity index (χ2v) is 7.01. The van der Waals surface area contributed by atoms with Crippen molar-refractivity contribution in [1.82, 2.24) is 0 Å². The van der Waals surface area contributed by atoms with Crippen LogP contribution in [0.15, 0.2) is 52.2 Å². The van der Waals surface area contributed by atoms with Crippen LogP contribution in [0.25, 0.3) is 0 Å². The van der Waals surface area contributed by atoms with E-state index in [0.29, 0.717) is 28.4 Å². The van der Waals surface area contributed by atoms with Crippen molar-refractivity contribution in [2.75, 3.05) is 6.61 Å². The van der Waals surface area contributed by atoms with Gasteiger partial charge in [0.15, 0.2) is 18.1 Å². The fourth-order valence-corrected chi connectivity index (χ4v) is 2.91. The molecule has 2 aromatic rings. The molecule has 1 heterocycles. The van der Waals surface area contributed by atoms with Crippen LogP contribution in [0.5, 0.6) is 11.5 Å². The van der Waals surface area contributed by atoms with Gasteiger partial charge >= 0.3 is 0 Å². The van der Waals surface area contributed by atoms with Crippen LogP contribution in [0.4, 0.5) is 0 Å². The molecule has 0 saturated heterocycles. The maximum absolute atomic E-state index is 12.4. The summed E-state index contributed by atoms with van der Waals surface area (Å²) in [5.41, 5.74) is 2.74. The van der Waals surface area contributed by atoms with Crippen molar-refractivity contribution in [3.8, 4) is 11.5 Å². The molecule has 4 nitrogen and oxygen atoms in total. The van der Waals surface area contributed by atoms with Gasteiger partial charge < -0.3 is 9.47 Å². The van der Waals surface area contributed by atoms with Crippen LogP contribution >= 0.6 is 15.9 Å². The first-order valence-corrected chi connectivity index (χ1v) is 8.62. The highest BCUT2D eigenvalue weighted by Gasteiger charge is 2.30. The third kappa shape index (κ3) is 3.51. The molecule has 0 N–H and O–H groups in total. The molecule has 0 bridgehead atoms. The molecule has 1 aliphatic heterocycles. The Bertz CT molecular complexity index is 891. The number of rotatable bonds is 4. The third-order valence-electron chi connectivity index (χ3n) is 3.91. The number of hydrogen-bond acceptors (Lipinski definition) is 4. The zero-order chi connectivity index (χ0) is 18.1. The Morgan fingerprint density at radius 1 is 1.16 bits per heavy atom. The Morgan fingerprint density at radius 2 is 1.84 bits per heavy atom. The lowest BCUT2D eigenvalue weighted by Crippen LogP contribution is -2.11. The van der Waals surface area contributed by atoms with Gasteiger partial charge in [0, 0.05) is 16.1 Å². The van der Waals surface area contributed by atoms with Gasteiger partial charge in [-0.05, 0) is 50.1 Å². The average molecular weight is 401 g/mol. The van der Waals surface area contributed by atoms with Crippen LogP contribution < -0.4 is 9.47 Å². The van der Waals surface area contributed by atoms with E-state index in [4.69, 9.17) is 9.47 Å². The number of ketones is 2. The molecule has 25 heavy (non-hydrogen) atoms. The summed E-state index contributed by atoms with van der Waals surface area (Å²) >= 11 is 3.34. The Balaban J connectivity index is 1.78. The van der Waals surface area contributed by atoms with Gasteiger partial charge in [-0.2, -0.15) is 0 Å². The number of Topliss-reactive ketones (excluding diaryl/α,β-unsaturated/α-hetero) is 2. The maximum Gasteiger partial charge on any atom is 0.232 e.